The van der Waals surface area contributed by atoms with E-state index in [-0.39, 0.29) is 10.7 Å². The molecule has 0 amide bonds. The van der Waals surface area contributed by atoms with Crippen LogP contribution >= 0.6 is 11.6 Å². The molecule has 0 aliphatic heterocycles. The van der Waals surface area contributed by atoms with E-state index in [1.165, 1.54) is 33.0 Å². The van der Waals surface area contributed by atoms with Crippen LogP contribution in [0, 0.1) is 0 Å². The Balaban J connectivity index is 1.64. The van der Waals surface area contributed by atoms with Crippen molar-refractivity contribution in [3.8, 4) is 22.4 Å². The first-order valence-electron chi connectivity index (χ1n) is 10.1. The third-order valence-corrected chi connectivity index (χ3v) is 6.58. The molecule has 30 heavy (non-hydrogen) atoms. The number of halogens is 1. The fourth-order valence-corrected chi connectivity index (χ4v) is 5.10. The molecular weight excluding hydrogens is 388 g/mol. The molecule has 1 aliphatic rings. The summed E-state index contributed by atoms with van der Waals surface area (Å²) in [6.45, 7) is 4.61. The number of fused-ring (bicyclic) bond motifs is 6. The minimum atomic E-state index is -0.0860. The van der Waals surface area contributed by atoms with Crippen LogP contribution in [0.25, 0.3) is 44.1 Å². The van der Waals surface area contributed by atoms with Crippen molar-refractivity contribution >= 4 is 33.3 Å². The molecule has 144 valence electrons. The van der Waals surface area contributed by atoms with Gasteiger partial charge in [-0.2, -0.15) is 0 Å². The second kappa shape index (κ2) is 6.13. The second-order valence-electron chi connectivity index (χ2n) is 8.45. The normalized spacial score (nSPS) is 14.1. The number of hydrogen-bond acceptors (Lipinski definition) is 2. The second-order valence-corrected chi connectivity index (χ2v) is 8.79. The molecule has 1 aliphatic carbocycles. The Kier molecular flexibility index (Phi) is 3.60. The van der Waals surface area contributed by atoms with Crippen LogP contribution in [0.1, 0.15) is 25.0 Å². The van der Waals surface area contributed by atoms with Crippen LogP contribution in [-0.4, -0.2) is 9.97 Å². The lowest BCUT2D eigenvalue weighted by Gasteiger charge is -2.22. The molecular formula is C27H19ClN2. The average Bonchev–Trinajstić information content (AvgIpc) is 3.00. The van der Waals surface area contributed by atoms with Gasteiger partial charge in [0.05, 0.1) is 11.2 Å². The first kappa shape index (κ1) is 17.6. The Labute approximate surface area is 180 Å². The summed E-state index contributed by atoms with van der Waals surface area (Å²) in [4.78, 5) is 8.98. The van der Waals surface area contributed by atoms with E-state index >= 15 is 0 Å². The van der Waals surface area contributed by atoms with Crippen LogP contribution in [0.5, 0.6) is 0 Å². The van der Waals surface area contributed by atoms with E-state index in [1.807, 2.05) is 18.2 Å². The van der Waals surface area contributed by atoms with Gasteiger partial charge in [0.1, 0.15) is 0 Å². The molecule has 1 heterocycles. The third-order valence-electron chi connectivity index (χ3n) is 6.41. The molecule has 0 radical (unpaired) electrons. The van der Waals surface area contributed by atoms with E-state index < -0.39 is 0 Å². The van der Waals surface area contributed by atoms with Crippen molar-refractivity contribution in [2.45, 2.75) is 19.3 Å². The largest absolute Gasteiger partial charge is 0.223 e. The van der Waals surface area contributed by atoms with Gasteiger partial charge in [-0.1, -0.05) is 80.6 Å². The van der Waals surface area contributed by atoms with E-state index in [1.54, 1.807) is 0 Å². The lowest BCUT2D eigenvalue weighted by molar-refractivity contribution is 0.661. The number of aromatic nitrogens is 2. The van der Waals surface area contributed by atoms with Gasteiger partial charge in [0.15, 0.2) is 0 Å². The van der Waals surface area contributed by atoms with Gasteiger partial charge < -0.3 is 0 Å². The monoisotopic (exact) mass is 406 g/mol. The Morgan fingerprint density at radius 3 is 2.37 bits per heavy atom. The van der Waals surface area contributed by atoms with Gasteiger partial charge >= 0.3 is 0 Å². The van der Waals surface area contributed by atoms with Gasteiger partial charge in [0.25, 0.3) is 0 Å². The van der Waals surface area contributed by atoms with Gasteiger partial charge in [0, 0.05) is 16.4 Å². The van der Waals surface area contributed by atoms with Crippen molar-refractivity contribution in [3.63, 3.8) is 0 Å². The molecule has 4 aromatic carbocycles. The van der Waals surface area contributed by atoms with E-state index in [0.29, 0.717) is 0 Å². The predicted octanol–water partition coefficient (Wildman–Crippen LogP) is 7.41. The molecule has 0 saturated carbocycles. The molecule has 1 aromatic heterocycles. The van der Waals surface area contributed by atoms with E-state index in [2.05, 4.69) is 84.5 Å². The quantitative estimate of drug-likeness (QED) is 0.271. The molecule has 0 fully saturated rings. The van der Waals surface area contributed by atoms with Crippen LogP contribution in [0.2, 0.25) is 5.28 Å². The van der Waals surface area contributed by atoms with Crippen molar-refractivity contribution in [2.24, 2.45) is 0 Å². The lowest BCUT2D eigenvalue weighted by atomic mass is 9.81. The summed E-state index contributed by atoms with van der Waals surface area (Å²) in [7, 11) is 0. The number of nitrogens with zero attached hydrogens (tertiary/aromatic N) is 2. The molecule has 0 unspecified atom stereocenters. The van der Waals surface area contributed by atoms with Gasteiger partial charge in [0.2, 0.25) is 5.28 Å². The first-order chi connectivity index (χ1) is 14.5. The van der Waals surface area contributed by atoms with Crippen molar-refractivity contribution in [1.29, 1.82) is 0 Å². The molecule has 0 saturated heterocycles. The van der Waals surface area contributed by atoms with Gasteiger partial charge in [-0.15, -0.1) is 0 Å². The topological polar surface area (TPSA) is 25.8 Å². The van der Waals surface area contributed by atoms with E-state index in [0.717, 1.165) is 22.2 Å². The molecule has 2 nitrogen and oxygen atoms in total. The highest BCUT2D eigenvalue weighted by Gasteiger charge is 2.36. The summed E-state index contributed by atoms with van der Waals surface area (Å²) in [5, 5.41) is 3.88. The Morgan fingerprint density at radius 1 is 0.733 bits per heavy atom. The highest BCUT2D eigenvalue weighted by molar-refractivity contribution is 6.28. The SMILES string of the molecule is CC1(C)c2cc(-c3nc(Cl)nc4ccccc34)ccc2-c2c1ccc1ccccc21. The van der Waals surface area contributed by atoms with Gasteiger partial charge in [-0.25, -0.2) is 9.97 Å². The summed E-state index contributed by atoms with van der Waals surface area (Å²) in [5.41, 5.74) is 8.08. The molecule has 3 heteroatoms. The van der Waals surface area contributed by atoms with Crippen molar-refractivity contribution in [1.82, 2.24) is 9.97 Å². The maximum atomic E-state index is 6.26. The number of para-hydroxylation sites is 1. The van der Waals surface area contributed by atoms with Crippen LogP contribution in [0.3, 0.4) is 0 Å². The number of benzene rings is 4. The lowest BCUT2D eigenvalue weighted by Crippen LogP contribution is -2.15. The zero-order valence-corrected chi connectivity index (χ0v) is 17.5. The summed E-state index contributed by atoms with van der Waals surface area (Å²) < 4.78 is 0. The third kappa shape index (κ3) is 2.37. The van der Waals surface area contributed by atoms with E-state index in [4.69, 9.17) is 11.6 Å². The van der Waals surface area contributed by atoms with E-state index in [9.17, 15) is 0 Å². The summed E-state index contributed by atoms with van der Waals surface area (Å²) >= 11 is 6.26. The van der Waals surface area contributed by atoms with Gasteiger partial charge in [-0.05, 0) is 56.8 Å². The Hall–Kier alpha value is -3.23. The maximum absolute atomic E-state index is 6.26. The first-order valence-corrected chi connectivity index (χ1v) is 10.5. The van der Waals surface area contributed by atoms with Crippen LogP contribution in [-0.2, 0) is 5.41 Å². The molecule has 0 spiro atoms. The van der Waals surface area contributed by atoms with Crippen molar-refractivity contribution < 1.29 is 0 Å². The summed E-state index contributed by atoms with van der Waals surface area (Å²) in [5.74, 6) is 0. The van der Waals surface area contributed by atoms with Crippen LogP contribution in [0.4, 0.5) is 0 Å². The highest BCUT2D eigenvalue weighted by atomic mass is 35.5. The number of rotatable bonds is 1. The van der Waals surface area contributed by atoms with Crippen LogP contribution < -0.4 is 0 Å². The van der Waals surface area contributed by atoms with Crippen LogP contribution in [0.15, 0.2) is 78.9 Å². The zero-order valence-electron chi connectivity index (χ0n) is 16.8. The highest BCUT2D eigenvalue weighted by Crippen LogP contribution is 2.52. The maximum Gasteiger partial charge on any atom is 0.223 e. The molecule has 0 bridgehead atoms. The average molecular weight is 407 g/mol. The fourth-order valence-electron chi connectivity index (χ4n) is 4.92. The fraction of sp³-hybridized carbons (Fsp3) is 0.111. The summed E-state index contributed by atoms with van der Waals surface area (Å²) in [6.07, 6.45) is 0. The Morgan fingerprint density at radius 2 is 1.50 bits per heavy atom. The molecule has 0 atom stereocenters. The predicted molar refractivity (Wildman–Crippen MR) is 125 cm³/mol. The molecule has 6 rings (SSSR count). The molecule has 5 aromatic rings. The van der Waals surface area contributed by atoms with Crippen molar-refractivity contribution in [2.75, 3.05) is 0 Å². The minimum absolute atomic E-state index is 0.0860. The van der Waals surface area contributed by atoms with Crippen molar-refractivity contribution in [3.05, 3.63) is 95.3 Å². The summed E-state index contributed by atoms with van der Waals surface area (Å²) in [6, 6.07) is 27.9. The molecule has 0 N–H and O–H groups in total. The standard InChI is InChI=1S/C27H19ClN2/c1-27(2)21-14-12-16-7-3-4-8-18(16)24(21)19-13-11-17(15-22(19)27)25-20-9-5-6-10-23(20)29-26(28)30-25/h3-15H,1-2H3. The number of hydrogen-bond donors (Lipinski definition) is 0. The minimum Gasteiger partial charge on any atom is -0.218 e. The van der Waals surface area contributed by atoms with Gasteiger partial charge in [-0.3, -0.25) is 0 Å². The smallest absolute Gasteiger partial charge is 0.218 e. The Bertz CT molecular complexity index is 1480. The zero-order chi connectivity index (χ0) is 20.5.